The van der Waals surface area contributed by atoms with Crippen LogP contribution in [0.15, 0.2) is 18.2 Å². The molecule has 1 aromatic carbocycles. The molecule has 0 bridgehead atoms. The highest BCUT2D eigenvalue weighted by atomic mass is 35.5. The lowest BCUT2D eigenvalue weighted by Crippen LogP contribution is -1.94. The first-order valence-corrected chi connectivity index (χ1v) is 5.42. The molecule has 0 N–H and O–H groups in total. The van der Waals surface area contributed by atoms with E-state index in [9.17, 15) is 0 Å². The SMILES string of the molecule is Cc1cccc(C([SiH3])Cl)c1C. The maximum absolute atomic E-state index is 6.04. The van der Waals surface area contributed by atoms with Gasteiger partial charge in [-0.25, -0.2) is 0 Å². The number of benzene rings is 1. The first-order valence-electron chi connectivity index (χ1n) is 3.83. The van der Waals surface area contributed by atoms with Crippen molar-refractivity contribution in [2.45, 2.75) is 18.8 Å². The Kier molecular flexibility index (Phi) is 2.74. The van der Waals surface area contributed by atoms with E-state index in [-0.39, 0.29) is 5.00 Å². The van der Waals surface area contributed by atoms with Gasteiger partial charge in [-0.2, -0.15) is 0 Å². The monoisotopic (exact) mass is 184 g/mol. The van der Waals surface area contributed by atoms with Crippen LogP contribution in [0.1, 0.15) is 21.7 Å². The van der Waals surface area contributed by atoms with Crippen LogP contribution in [0.3, 0.4) is 0 Å². The summed E-state index contributed by atoms with van der Waals surface area (Å²) in [5, 5.41) is 0.259. The van der Waals surface area contributed by atoms with E-state index >= 15 is 0 Å². The number of alkyl halides is 1. The quantitative estimate of drug-likeness (QED) is 0.462. The molecule has 0 aliphatic heterocycles. The van der Waals surface area contributed by atoms with Gasteiger partial charge in [0.15, 0.2) is 0 Å². The molecule has 1 rings (SSSR count). The van der Waals surface area contributed by atoms with E-state index in [0.717, 1.165) is 10.2 Å². The number of aryl methyl sites for hydroxylation is 1. The van der Waals surface area contributed by atoms with E-state index in [4.69, 9.17) is 11.6 Å². The zero-order valence-corrected chi connectivity index (χ0v) is 9.94. The number of halogens is 1. The zero-order chi connectivity index (χ0) is 8.43. The zero-order valence-electron chi connectivity index (χ0n) is 7.19. The summed E-state index contributed by atoms with van der Waals surface area (Å²) < 4.78 is 0. The molecule has 1 unspecified atom stereocenters. The van der Waals surface area contributed by atoms with Crippen LogP contribution in [0, 0.1) is 13.8 Å². The van der Waals surface area contributed by atoms with Crippen LogP contribution in [0.5, 0.6) is 0 Å². The minimum Gasteiger partial charge on any atom is -0.123 e. The Hall–Kier alpha value is -0.273. The molecule has 0 heterocycles. The van der Waals surface area contributed by atoms with Crippen molar-refractivity contribution < 1.29 is 0 Å². The van der Waals surface area contributed by atoms with Gasteiger partial charge in [0.25, 0.3) is 0 Å². The second kappa shape index (κ2) is 3.42. The second-order valence-corrected chi connectivity index (χ2v) is 5.45. The molecule has 0 saturated heterocycles. The number of rotatable bonds is 1. The van der Waals surface area contributed by atoms with Crippen LogP contribution in [0.4, 0.5) is 0 Å². The lowest BCUT2D eigenvalue weighted by Gasteiger charge is -2.09. The van der Waals surface area contributed by atoms with Gasteiger partial charge in [0, 0.05) is 15.2 Å². The molecular weight excluding hydrogens is 172 g/mol. The molecule has 0 aromatic heterocycles. The van der Waals surface area contributed by atoms with E-state index in [0.29, 0.717) is 0 Å². The first-order chi connectivity index (χ1) is 5.13. The van der Waals surface area contributed by atoms with Crippen LogP contribution >= 0.6 is 11.6 Å². The minimum atomic E-state index is 0.259. The Balaban J connectivity index is 3.17. The van der Waals surface area contributed by atoms with E-state index in [1.165, 1.54) is 16.7 Å². The molecule has 0 aliphatic carbocycles. The van der Waals surface area contributed by atoms with Crippen molar-refractivity contribution in [3.8, 4) is 0 Å². The van der Waals surface area contributed by atoms with Crippen LogP contribution in [0.25, 0.3) is 0 Å². The van der Waals surface area contributed by atoms with Crippen molar-refractivity contribution in [1.29, 1.82) is 0 Å². The second-order valence-electron chi connectivity index (χ2n) is 2.91. The molecule has 2 heteroatoms. The average molecular weight is 185 g/mol. The normalized spacial score (nSPS) is 13.4. The molecule has 11 heavy (non-hydrogen) atoms. The molecule has 0 spiro atoms. The van der Waals surface area contributed by atoms with Crippen molar-refractivity contribution in [2.75, 3.05) is 0 Å². The van der Waals surface area contributed by atoms with Crippen LogP contribution in [0.2, 0.25) is 0 Å². The molecule has 60 valence electrons. The van der Waals surface area contributed by atoms with Crippen molar-refractivity contribution in [3.63, 3.8) is 0 Å². The predicted octanol–water partition coefficient (Wildman–Crippen LogP) is 1.91. The summed E-state index contributed by atoms with van der Waals surface area (Å²) in [4.78, 5) is 0. The van der Waals surface area contributed by atoms with Crippen molar-refractivity contribution in [2.24, 2.45) is 0 Å². The smallest absolute Gasteiger partial charge is 0.0410 e. The highest BCUT2D eigenvalue weighted by molar-refractivity contribution is 6.40. The van der Waals surface area contributed by atoms with Crippen LogP contribution in [-0.2, 0) is 0 Å². The van der Waals surface area contributed by atoms with Gasteiger partial charge in [-0.1, -0.05) is 18.2 Å². The fourth-order valence-corrected chi connectivity index (χ4v) is 2.07. The van der Waals surface area contributed by atoms with E-state index in [1.807, 2.05) is 0 Å². The third-order valence-electron chi connectivity index (χ3n) is 2.08. The van der Waals surface area contributed by atoms with E-state index in [1.54, 1.807) is 0 Å². The predicted molar refractivity (Wildman–Crippen MR) is 54.4 cm³/mol. The summed E-state index contributed by atoms with van der Waals surface area (Å²) in [5.74, 6) is 0. The summed E-state index contributed by atoms with van der Waals surface area (Å²) in [7, 11) is 1.02. The van der Waals surface area contributed by atoms with Gasteiger partial charge in [-0.3, -0.25) is 0 Å². The van der Waals surface area contributed by atoms with Crippen molar-refractivity contribution in [3.05, 3.63) is 34.9 Å². The average Bonchev–Trinajstić information content (AvgIpc) is 1.94. The summed E-state index contributed by atoms with van der Waals surface area (Å²) in [5.41, 5.74) is 3.99. The Labute approximate surface area is 76.0 Å². The van der Waals surface area contributed by atoms with E-state index < -0.39 is 0 Å². The molecule has 0 amide bonds. The topological polar surface area (TPSA) is 0 Å². The summed E-state index contributed by atoms with van der Waals surface area (Å²) in [6.07, 6.45) is 0. The van der Waals surface area contributed by atoms with Gasteiger partial charge in [0.1, 0.15) is 0 Å². The fraction of sp³-hybridized carbons (Fsp3) is 0.333. The third kappa shape index (κ3) is 1.85. The number of hydrogen-bond donors (Lipinski definition) is 0. The van der Waals surface area contributed by atoms with Gasteiger partial charge >= 0.3 is 0 Å². The maximum Gasteiger partial charge on any atom is 0.0410 e. The highest BCUT2D eigenvalue weighted by Crippen LogP contribution is 2.22. The van der Waals surface area contributed by atoms with Crippen LogP contribution < -0.4 is 0 Å². The Morgan fingerprint density at radius 1 is 1.36 bits per heavy atom. The largest absolute Gasteiger partial charge is 0.123 e. The van der Waals surface area contributed by atoms with Crippen molar-refractivity contribution >= 4 is 21.8 Å². The Bertz CT molecular complexity index is 256. The summed E-state index contributed by atoms with van der Waals surface area (Å²) >= 11 is 6.04. The summed E-state index contributed by atoms with van der Waals surface area (Å²) in [6, 6.07) is 6.32. The van der Waals surface area contributed by atoms with Gasteiger partial charge in [-0.15, -0.1) is 11.6 Å². The van der Waals surface area contributed by atoms with Gasteiger partial charge in [0.2, 0.25) is 0 Å². The third-order valence-corrected chi connectivity index (χ3v) is 2.93. The van der Waals surface area contributed by atoms with Crippen molar-refractivity contribution in [1.82, 2.24) is 0 Å². The molecule has 0 aliphatic rings. The molecule has 0 fully saturated rings. The highest BCUT2D eigenvalue weighted by Gasteiger charge is 2.04. The van der Waals surface area contributed by atoms with E-state index in [2.05, 4.69) is 32.0 Å². The number of hydrogen-bond acceptors (Lipinski definition) is 0. The lowest BCUT2D eigenvalue weighted by atomic mass is 10.1. The molecule has 1 atom stereocenters. The standard InChI is InChI=1S/C9H13ClSi/c1-6-4-3-5-8(7(6)2)9(10)11/h3-5,9H,1-2,11H3. The molecule has 0 nitrogen and oxygen atoms in total. The molecular formula is C9H13ClSi. The molecule has 0 saturated carbocycles. The molecule has 1 aromatic rings. The first kappa shape index (κ1) is 8.82. The maximum atomic E-state index is 6.04. The Morgan fingerprint density at radius 3 is 2.45 bits per heavy atom. The van der Waals surface area contributed by atoms with Gasteiger partial charge < -0.3 is 0 Å². The van der Waals surface area contributed by atoms with Gasteiger partial charge in [-0.05, 0) is 30.5 Å². The van der Waals surface area contributed by atoms with Crippen LogP contribution in [-0.4, -0.2) is 10.2 Å². The fourth-order valence-electron chi connectivity index (χ4n) is 1.20. The lowest BCUT2D eigenvalue weighted by molar-refractivity contribution is 1.22. The van der Waals surface area contributed by atoms with Gasteiger partial charge in [0.05, 0.1) is 0 Å². The minimum absolute atomic E-state index is 0.259. The Morgan fingerprint density at radius 2 is 2.00 bits per heavy atom. The summed E-state index contributed by atoms with van der Waals surface area (Å²) in [6.45, 7) is 4.26. The molecule has 0 radical (unpaired) electrons.